The molecule has 5 nitrogen and oxygen atoms in total. The number of carbonyl (C=O) groups is 2. The summed E-state index contributed by atoms with van der Waals surface area (Å²) >= 11 is 17.4. The number of carbonyl (C=O) groups excluding carboxylic acids is 2. The molecule has 1 aromatic carbocycles. The zero-order valence-electron chi connectivity index (χ0n) is 12.2. The van der Waals surface area contributed by atoms with Crippen LogP contribution in [0.25, 0.3) is 0 Å². The van der Waals surface area contributed by atoms with Crippen LogP contribution in [0.5, 0.6) is 0 Å². The smallest absolute Gasteiger partial charge is 0.359 e. The molecule has 0 unspecified atom stereocenters. The van der Waals surface area contributed by atoms with Crippen molar-refractivity contribution >= 4 is 52.4 Å². The van der Waals surface area contributed by atoms with Gasteiger partial charge in [-0.25, -0.2) is 14.2 Å². The number of esters is 1. The van der Waals surface area contributed by atoms with E-state index < -0.39 is 24.3 Å². The first-order valence-electron chi connectivity index (χ1n) is 6.52. The number of aryl methyl sites for hydroxylation is 1. The molecule has 0 saturated heterocycles. The number of pyridine rings is 1. The summed E-state index contributed by atoms with van der Waals surface area (Å²) < 4.78 is 18.2. The molecule has 0 saturated carbocycles. The molecular formula is C15H10Cl3FN2O3. The van der Waals surface area contributed by atoms with E-state index in [0.29, 0.717) is 5.56 Å². The highest BCUT2D eigenvalue weighted by Crippen LogP contribution is 2.31. The van der Waals surface area contributed by atoms with Gasteiger partial charge in [-0.05, 0) is 24.6 Å². The van der Waals surface area contributed by atoms with Crippen molar-refractivity contribution in [3.05, 3.63) is 56.5 Å². The highest BCUT2D eigenvalue weighted by atomic mass is 35.5. The second kappa shape index (κ2) is 7.79. The number of anilines is 1. The molecule has 0 aliphatic carbocycles. The van der Waals surface area contributed by atoms with Gasteiger partial charge >= 0.3 is 5.97 Å². The van der Waals surface area contributed by atoms with E-state index in [9.17, 15) is 14.0 Å². The summed E-state index contributed by atoms with van der Waals surface area (Å²) in [6.07, 6.45) is 1.14. The van der Waals surface area contributed by atoms with Crippen molar-refractivity contribution in [3.63, 3.8) is 0 Å². The minimum absolute atomic E-state index is 0.0418. The number of ether oxygens (including phenoxy) is 1. The Morgan fingerprint density at radius 1 is 1.25 bits per heavy atom. The fraction of sp³-hybridized carbons (Fsp3) is 0.133. The van der Waals surface area contributed by atoms with Crippen molar-refractivity contribution in [2.24, 2.45) is 0 Å². The quantitative estimate of drug-likeness (QED) is 0.790. The number of aromatic nitrogens is 1. The van der Waals surface area contributed by atoms with E-state index in [0.717, 1.165) is 12.3 Å². The first-order valence-corrected chi connectivity index (χ1v) is 7.65. The molecule has 0 fully saturated rings. The molecule has 0 aliphatic heterocycles. The van der Waals surface area contributed by atoms with Gasteiger partial charge in [0.25, 0.3) is 5.91 Å². The van der Waals surface area contributed by atoms with E-state index in [-0.39, 0.29) is 26.4 Å². The fourth-order valence-electron chi connectivity index (χ4n) is 1.65. The molecule has 24 heavy (non-hydrogen) atoms. The van der Waals surface area contributed by atoms with Crippen LogP contribution < -0.4 is 5.32 Å². The van der Waals surface area contributed by atoms with Crippen LogP contribution in [0.3, 0.4) is 0 Å². The van der Waals surface area contributed by atoms with Crippen molar-refractivity contribution in [1.82, 2.24) is 4.98 Å². The minimum Gasteiger partial charge on any atom is -0.451 e. The molecule has 2 aromatic rings. The van der Waals surface area contributed by atoms with Crippen LogP contribution in [-0.2, 0) is 9.53 Å². The highest BCUT2D eigenvalue weighted by molar-refractivity contribution is 6.48. The number of nitrogens with zero attached hydrogens (tertiary/aromatic N) is 1. The minimum atomic E-state index is -0.941. The second-order valence-electron chi connectivity index (χ2n) is 4.67. The maximum absolute atomic E-state index is 13.4. The Balaban J connectivity index is 1.97. The molecule has 1 amide bonds. The summed E-state index contributed by atoms with van der Waals surface area (Å²) in [6.45, 7) is 0.989. The maximum Gasteiger partial charge on any atom is 0.359 e. The zero-order valence-corrected chi connectivity index (χ0v) is 14.5. The van der Waals surface area contributed by atoms with Crippen LogP contribution in [0.1, 0.15) is 16.1 Å². The van der Waals surface area contributed by atoms with E-state index in [2.05, 4.69) is 10.3 Å². The van der Waals surface area contributed by atoms with E-state index in [1.54, 1.807) is 6.92 Å². The van der Waals surface area contributed by atoms with Crippen LogP contribution in [0, 0.1) is 12.7 Å². The highest BCUT2D eigenvalue weighted by Gasteiger charge is 2.19. The third kappa shape index (κ3) is 4.35. The number of halogens is 4. The average molecular weight is 392 g/mol. The van der Waals surface area contributed by atoms with Crippen molar-refractivity contribution in [3.8, 4) is 0 Å². The van der Waals surface area contributed by atoms with Gasteiger partial charge in [0.1, 0.15) is 5.82 Å². The molecule has 2 rings (SSSR count). The number of rotatable bonds is 4. The lowest BCUT2D eigenvalue weighted by Gasteiger charge is -2.08. The normalized spacial score (nSPS) is 10.4. The molecule has 0 bridgehead atoms. The summed E-state index contributed by atoms with van der Waals surface area (Å²) in [6, 6.07) is 4.19. The molecule has 126 valence electrons. The number of benzene rings is 1. The first-order chi connectivity index (χ1) is 11.3. The van der Waals surface area contributed by atoms with Crippen LogP contribution in [0.2, 0.25) is 15.1 Å². The summed E-state index contributed by atoms with van der Waals surface area (Å²) in [5.74, 6) is -2.05. The predicted molar refractivity (Wildman–Crippen MR) is 89.3 cm³/mol. The van der Waals surface area contributed by atoms with Gasteiger partial charge < -0.3 is 10.1 Å². The number of hydrogen-bond donors (Lipinski definition) is 1. The summed E-state index contributed by atoms with van der Waals surface area (Å²) in [4.78, 5) is 27.3. The molecule has 1 N–H and O–H groups in total. The third-order valence-electron chi connectivity index (χ3n) is 2.90. The molecule has 0 atom stereocenters. The van der Waals surface area contributed by atoms with E-state index in [1.807, 2.05) is 0 Å². The summed E-state index contributed by atoms with van der Waals surface area (Å²) in [5.41, 5.74) is 0.421. The Morgan fingerprint density at radius 3 is 2.62 bits per heavy atom. The monoisotopic (exact) mass is 390 g/mol. The van der Waals surface area contributed by atoms with Crippen LogP contribution >= 0.6 is 34.8 Å². The summed E-state index contributed by atoms with van der Waals surface area (Å²) in [7, 11) is 0. The van der Waals surface area contributed by atoms with Crippen molar-refractivity contribution in [1.29, 1.82) is 0 Å². The fourth-order valence-corrected chi connectivity index (χ4v) is 2.21. The lowest BCUT2D eigenvalue weighted by molar-refractivity contribution is -0.119. The standard InChI is InChI=1S/C15H10Cl3FN2O3/c1-7-2-3-8(4-10(7)19)21-11(22)6-24-15(23)14-13(18)12(17)9(16)5-20-14/h2-5H,6H2,1H3,(H,21,22). The Labute approximate surface area is 151 Å². The van der Waals surface area contributed by atoms with Gasteiger partial charge in [-0.2, -0.15) is 0 Å². The Bertz CT molecular complexity index is 815. The van der Waals surface area contributed by atoms with Gasteiger partial charge in [-0.1, -0.05) is 40.9 Å². The van der Waals surface area contributed by atoms with Gasteiger partial charge in [-0.3, -0.25) is 4.79 Å². The number of hydrogen-bond acceptors (Lipinski definition) is 4. The maximum atomic E-state index is 13.4. The van der Waals surface area contributed by atoms with Crippen molar-refractivity contribution in [2.45, 2.75) is 6.92 Å². The lowest BCUT2D eigenvalue weighted by atomic mass is 10.2. The van der Waals surface area contributed by atoms with Gasteiger partial charge in [0, 0.05) is 11.9 Å². The Morgan fingerprint density at radius 2 is 1.96 bits per heavy atom. The average Bonchev–Trinajstić information content (AvgIpc) is 2.54. The van der Waals surface area contributed by atoms with Crippen LogP contribution in [-0.4, -0.2) is 23.5 Å². The van der Waals surface area contributed by atoms with E-state index >= 15 is 0 Å². The summed E-state index contributed by atoms with van der Waals surface area (Å²) in [5, 5.41) is 2.26. The molecular weight excluding hydrogens is 382 g/mol. The largest absolute Gasteiger partial charge is 0.451 e. The lowest BCUT2D eigenvalue weighted by Crippen LogP contribution is -2.21. The second-order valence-corrected chi connectivity index (χ2v) is 5.83. The number of nitrogens with one attached hydrogen (secondary N) is 1. The third-order valence-corrected chi connectivity index (χ3v) is 4.14. The molecule has 0 radical (unpaired) electrons. The molecule has 9 heteroatoms. The van der Waals surface area contributed by atoms with Crippen LogP contribution in [0.15, 0.2) is 24.4 Å². The Hall–Kier alpha value is -1.89. The van der Waals surface area contributed by atoms with Crippen molar-refractivity contribution in [2.75, 3.05) is 11.9 Å². The number of amides is 1. The SMILES string of the molecule is Cc1ccc(NC(=O)COC(=O)c2ncc(Cl)c(Cl)c2Cl)cc1F. The van der Waals surface area contributed by atoms with Gasteiger partial charge in [0.05, 0.1) is 15.1 Å². The van der Waals surface area contributed by atoms with E-state index in [4.69, 9.17) is 39.5 Å². The molecule has 0 aliphatic rings. The Kier molecular flexibility index (Phi) is 5.99. The topological polar surface area (TPSA) is 68.3 Å². The molecule has 1 heterocycles. The van der Waals surface area contributed by atoms with E-state index in [1.165, 1.54) is 12.1 Å². The predicted octanol–water partition coefficient (Wildman–Crippen LogP) is 4.28. The van der Waals surface area contributed by atoms with Gasteiger partial charge in [-0.15, -0.1) is 0 Å². The van der Waals surface area contributed by atoms with Gasteiger partial charge in [0.15, 0.2) is 12.3 Å². The van der Waals surface area contributed by atoms with Crippen molar-refractivity contribution < 1.29 is 18.7 Å². The molecule has 0 spiro atoms. The molecule has 1 aromatic heterocycles. The first kappa shape index (κ1) is 18.4. The van der Waals surface area contributed by atoms with Gasteiger partial charge in [0.2, 0.25) is 0 Å². The zero-order chi connectivity index (χ0) is 17.9. The van der Waals surface area contributed by atoms with Crippen LogP contribution in [0.4, 0.5) is 10.1 Å².